The van der Waals surface area contributed by atoms with Crippen molar-refractivity contribution in [2.24, 2.45) is 5.73 Å². The van der Waals surface area contributed by atoms with Crippen LogP contribution in [0.25, 0.3) is 0 Å². The van der Waals surface area contributed by atoms with Crippen LogP contribution in [-0.2, 0) is 12.7 Å². The van der Waals surface area contributed by atoms with E-state index >= 15 is 0 Å². The molecule has 0 aliphatic carbocycles. The summed E-state index contributed by atoms with van der Waals surface area (Å²) in [6, 6.07) is 7.15. The van der Waals surface area contributed by atoms with E-state index in [0.29, 0.717) is 4.47 Å². The van der Waals surface area contributed by atoms with Gasteiger partial charge in [-0.05, 0) is 51.8 Å². The molecule has 0 aliphatic heterocycles. The Morgan fingerprint density at radius 3 is 2.38 bits per heavy atom. The lowest BCUT2D eigenvalue weighted by atomic mass is 10.1. The average molecular weight is 364 g/mol. The largest absolute Gasteiger partial charge is 0.456 e. The Kier molecular flexibility index (Phi) is 4.53. The molecule has 0 saturated heterocycles. The Bertz CT molecular complexity index is 658. The number of hydrogen-bond donors (Lipinski definition) is 1. The number of ether oxygens (including phenoxy) is 1. The molecule has 0 fully saturated rings. The van der Waals surface area contributed by atoms with Gasteiger partial charge in [0.25, 0.3) is 0 Å². The van der Waals surface area contributed by atoms with Crippen LogP contribution in [0.15, 0.2) is 40.9 Å². The van der Waals surface area contributed by atoms with Gasteiger partial charge < -0.3 is 10.5 Å². The monoisotopic (exact) mass is 363 g/mol. The second kappa shape index (κ2) is 6.03. The van der Waals surface area contributed by atoms with Crippen molar-refractivity contribution >= 4 is 15.9 Å². The van der Waals surface area contributed by atoms with Crippen molar-refractivity contribution in [2.45, 2.75) is 12.7 Å². The lowest BCUT2D eigenvalue weighted by Crippen LogP contribution is -2.12. The molecule has 0 aliphatic rings. The van der Waals surface area contributed by atoms with E-state index < -0.39 is 17.6 Å². The molecule has 0 spiro atoms. The summed E-state index contributed by atoms with van der Waals surface area (Å²) < 4.78 is 57.4. The molecule has 2 nitrogen and oxygen atoms in total. The molecule has 0 heterocycles. The van der Waals surface area contributed by atoms with Gasteiger partial charge in [0.2, 0.25) is 0 Å². The van der Waals surface area contributed by atoms with E-state index in [1.54, 1.807) is 0 Å². The maximum absolute atomic E-state index is 13.0. The molecule has 2 N–H and O–H groups in total. The SMILES string of the molecule is NCc1ccc(Oc2ccc(F)cc2Br)cc1C(F)(F)F. The second-order valence-corrected chi connectivity index (χ2v) is 5.05. The van der Waals surface area contributed by atoms with Crippen LogP contribution in [-0.4, -0.2) is 0 Å². The minimum atomic E-state index is -4.52. The van der Waals surface area contributed by atoms with Gasteiger partial charge in [0.05, 0.1) is 10.0 Å². The zero-order valence-corrected chi connectivity index (χ0v) is 12.1. The van der Waals surface area contributed by atoms with Crippen LogP contribution in [0.5, 0.6) is 11.5 Å². The highest BCUT2D eigenvalue weighted by Gasteiger charge is 2.33. The summed E-state index contributed by atoms with van der Waals surface area (Å²) in [6.07, 6.45) is -4.52. The predicted octanol–water partition coefficient (Wildman–Crippen LogP) is 4.86. The van der Waals surface area contributed by atoms with Crippen LogP contribution in [0.1, 0.15) is 11.1 Å². The lowest BCUT2D eigenvalue weighted by Gasteiger charge is -2.14. The van der Waals surface area contributed by atoms with E-state index in [1.165, 1.54) is 18.2 Å². The molecule has 0 atom stereocenters. The number of benzene rings is 2. The maximum Gasteiger partial charge on any atom is 0.416 e. The lowest BCUT2D eigenvalue weighted by molar-refractivity contribution is -0.138. The van der Waals surface area contributed by atoms with Crippen molar-refractivity contribution in [3.8, 4) is 11.5 Å². The quantitative estimate of drug-likeness (QED) is 0.790. The summed E-state index contributed by atoms with van der Waals surface area (Å²) in [7, 11) is 0. The van der Waals surface area contributed by atoms with Crippen LogP contribution >= 0.6 is 15.9 Å². The van der Waals surface area contributed by atoms with E-state index in [1.807, 2.05) is 0 Å². The van der Waals surface area contributed by atoms with Crippen LogP contribution in [0.3, 0.4) is 0 Å². The van der Waals surface area contributed by atoms with Crippen molar-refractivity contribution < 1.29 is 22.3 Å². The smallest absolute Gasteiger partial charge is 0.416 e. The molecular weight excluding hydrogens is 354 g/mol. The number of alkyl halides is 3. The molecule has 21 heavy (non-hydrogen) atoms. The van der Waals surface area contributed by atoms with Crippen molar-refractivity contribution in [1.82, 2.24) is 0 Å². The van der Waals surface area contributed by atoms with Gasteiger partial charge in [-0.3, -0.25) is 0 Å². The van der Waals surface area contributed by atoms with Crippen molar-refractivity contribution in [2.75, 3.05) is 0 Å². The first kappa shape index (κ1) is 15.8. The van der Waals surface area contributed by atoms with E-state index in [-0.39, 0.29) is 23.6 Å². The highest BCUT2D eigenvalue weighted by Crippen LogP contribution is 2.36. The Morgan fingerprint density at radius 2 is 1.81 bits per heavy atom. The van der Waals surface area contributed by atoms with Gasteiger partial charge in [-0.1, -0.05) is 6.07 Å². The highest BCUT2D eigenvalue weighted by molar-refractivity contribution is 9.10. The van der Waals surface area contributed by atoms with E-state index in [4.69, 9.17) is 10.5 Å². The van der Waals surface area contributed by atoms with Crippen LogP contribution < -0.4 is 10.5 Å². The molecule has 0 aromatic heterocycles. The molecule has 2 aromatic rings. The summed E-state index contributed by atoms with van der Waals surface area (Å²) in [5.74, 6) is -0.277. The van der Waals surface area contributed by atoms with Gasteiger partial charge in [0, 0.05) is 6.54 Å². The van der Waals surface area contributed by atoms with Crippen LogP contribution in [0.2, 0.25) is 0 Å². The Hall–Kier alpha value is -1.60. The second-order valence-electron chi connectivity index (χ2n) is 4.20. The molecule has 0 radical (unpaired) electrons. The van der Waals surface area contributed by atoms with Gasteiger partial charge in [-0.25, -0.2) is 4.39 Å². The van der Waals surface area contributed by atoms with Crippen molar-refractivity contribution in [3.63, 3.8) is 0 Å². The van der Waals surface area contributed by atoms with Crippen LogP contribution in [0, 0.1) is 5.82 Å². The van der Waals surface area contributed by atoms with Gasteiger partial charge in [-0.15, -0.1) is 0 Å². The summed E-state index contributed by atoms with van der Waals surface area (Å²) >= 11 is 3.08. The highest BCUT2D eigenvalue weighted by atomic mass is 79.9. The standard InChI is InChI=1S/C14H10BrF4NO/c15-12-5-9(16)2-4-13(12)21-10-3-1-8(7-20)11(6-10)14(17,18)19/h1-6H,7,20H2. The Labute approximate surface area is 126 Å². The van der Waals surface area contributed by atoms with Gasteiger partial charge in [0.1, 0.15) is 17.3 Å². The van der Waals surface area contributed by atoms with Gasteiger partial charge in [-0.2, -0.15) is 13.2 Å². The third kappa shape index (κ3) is 3.74. The number of halogens is 5. The summed E-state index contributed by atoms with van der Waals surface area (Å²) in [5, 5.41) is 0. The number of rotatable bonds is 3. The first-order chi connectivity index (χ1) is 9.81. The molecule has 0 bridgehead atoms. The predicted molar refractivity (Wildman–Crippen MR) is 73.5 cm³/mol. The number of nitrogens with two attached hydrogens (primary N) is 1. The zero-order valence-electron chi connectivity index (χ0n) is 10.5. The Balaban J connectivity index is 2.37. The molecule has 112 valence electrons. The fourth-order valence-corrected chi connectivity index (χ4v) is 2.18. The maximum atomic E-state index is 13.0. The van der Waals surface area contributed by atoms with Crippen molar-refractivity contribution in [1.29, 1.82) is 0 Å². The fraction of sp³-hybridized carbons (Fsp3) is 0.143. The minimum Gasteiger partial charge on any atom is -0.456 e. The third-order valence-electron chi connectivity index (χ3n) is 2.73. The minimum absolute atomic E-state index is 0.00756. The van der Waals surface area contributed by atoms with Crippen molar-refractivity contribution in [3.05, 3.63) is 57.8 Å². The summed E-state index contributed by atoms with van der Waals surface area (Å²) in [4.78, 5) is 0. The normalized spacial score (nSPS) is 11.5. The number of hydrogen-bond acceptors (Lipinski definition) is 2. The average Bonchev–Trinajstić information content (AvgIpc) is 2.41. The molecule has 2 aromatic carbocycles. The van der Waals surface area contributed by atoms with E-state index in [0.717, 1.165) is 18.2 Å². The van der Waals surface area contributed by atoms with E-state index in [9.17, 15) is 17.6 Å². The molecule has 0 saturated carbocycles. The topological polar surface area (TPSA) is 35.2 Å². The van der Waals surface area contributed by atoms with Gasteiger partial charge >= 0.3 is 6.18 Å². The first-order valence-electron chi connectivity index (χ1n) is 5.84. The molecule has 2 rings (SSSR count). The third-order valence-corrected chi connectivity index (χ3v) is 3.35. The first-order valence-corrected chi connectivity index (χ1v) is 6.63. The van der Waals surface area contributed by atoms with Gasteiger partial charge in [0.15, 0.2) is 0 Å². The van der Waals surface area contributed by atoms with E-state index in [2.05, 4.69) is 15.9 Å². The molecular formula is C14H10BrF4NO. The Morgan fingerprint density at radius 1 is 1.10 bits per heavy atom. The van der Waals surface area contributed by atoms with Crippen LogP contribution in [0.4, 0.5) is 17.6 Å². The molecule has 7 heteroatoms. The summed E-state index contributed by atoms with van der Waals surface area (Å²) in [6.45, 7) is -0.227. The fourth-order valence-electron chi connectivity index (χ4n) is 1.75. The molecule has 0 unspecified atom stereocenters. The molecule has 0 amide bonds. The summed E-state index contributed by atoms with van der Waals surface area (Å²) in [5.41, 5.74) is 4.43. The zero-order chi connectivity index (χ0) is 15.6.